The fourth-order valence-corrected chi connectivity index (χ4v) is 6.10. The zero-order valence-corrected chi connectivity index (χ0v) is 19.7. The van der Waals surface area contributed by atoms with Gasteiger partial charge in [-0.2, -0.15) is 0 Å². The summed E-state index contributed by atoms with van der Waals surface area (Å²) in [6.07, 6.45) is 0. The van der Waals surface area contributed by atoms with Crippen LogP contribution in [-0.4, -0.2) is 54.4 Å². The lowest BCUT2D eigenvalue weighted by atomic mass is 10.1. The molecule has 1 saturated heterocycles. The van der Waals surface area contributed by atoms with E-state index in [-0.39, 0.29) is 0 Å². The van der Waals surface area contributed by atoms with Crippen LogP contribution in [-0.2, 0) is 11.3 Å². The molecule has 0 aliphatic carbocycles. The van der Waals surface area contributed by atoms with Crippen molar-refractivity contribution in [2.75, 3.05) is 39.5 Å². The van der Waals surface area contributed by atoms with E-state index in [0.717, 1.165) is 70.3 Å². The molecule has 2 aromatic heterocycles. The Kier molecular flexibility index (Phi) is 5.90. The van der Waals surface area contributed by atoms with E-state index in [1.54, 1.807) is 23.1 Å². The molecule has 0 spiro atoms. The number of hydrogen-bond acceptors (Lipinski definition) is 8. The fraction of sp³-hybridized carbons (Fsp3) is 0.280. The van der Waals surface area contributed by atoms with Crippen molar-refractivity contribution in [3.05, 3.63) is 59.7 Å². The van der Waals surface area contributed by atoms with Crippen LogP contribution in [0, 0.1) is 0 Å². The predicted octanol–water partition coefficient (Wildman–Crippen LogP) is 5.11. The average molecular weight is 478 g/mol. The predicted molar refractivity (Wildman–Crippen MR) is 131 cm³/mol. The molecule has 2 aliphatic rings. The molecule has 6 rings (SSSR count). The number of benzene rings is 2. The second-order valence-electron chi connectivity index (χ2n) is 7.94. The lowest BCUT2D eigenvalue weighted by Gasteiger charge is -2.25. The number of morpholine rings is 1. The van der Waals surface area contributed by atoms with Crippen LogP contribution in [0.3, 0.4) is 0 Å². The van der Waals surface area contributed by atoms with Gasteiger partial charge in [0.05, 0.1) is 25.1 Å². The third-order valence-corrected chi connectivity index (χ3v) is 7.58. The SMILES string of the molecule is c1ccc(-c2csc3nc(CN4CCOCC4)nc(Sc4ccc5c(c4)OCCO5)c23)cc1. The number of ether oxygens (including phenoxy) is 3. The Balaban J connectivity index is 1.41. The third kappa shape index (κ3) is 4.44. The molecule has 0 saturated carbocycles. The Labute approximate surface area is 200 Å². The molecule has 4 heterocycles. The monoisotopic (exact) mass is 477 g/mol. The standard InChI is InChI=1S/C25H23N3O3S2/c1-2-4-17(5-3-1)19-16-32-24-23(19)25(27-22(26-24)15-28-8-10-29-11-9-28)33-18-6-7-20-21(14-18)31-13-12-30-20/h1-7,14,16H,8-13,15H2. The summed E-state index contributed by atoms with van der Waals surface area (Å²) in [6.45, 7) is 5.23. The van der Waals surface area contributed by atoms with Crippen molar-refractivity contribution in [2.45, 2.75) is 16.5 Å². The topological polar surface area (TPSA) is 56.7 Å². The first-order valence-electron chi connectivity index (χ1n) is 11.0. The first kappa shape index (κ1) is 20.9. The highest BCUT2D eigenvalue weighted by Crippen LogP contribution is 2.42. The van der Waals surface area contributed by atoms with Gasteiger partial charge in [0.25, 0.3) is 0 Å². The van der Waals surface area contributed by atoms with Crippen molar-refractivity contribution >= 4 is 33.3 Å². The van der Waals surface area contributed by atoms with E-state index in [1.165, 1.54) is 11.1 Å². The minimum Gasteiger partial charge on any atom is -0.486 e. The molecule has 0 amide bonds. The molecule has 168 valence electrons. The average Bonchev–Trinajstić information content (AvgIpc) is 3.29. The van der Waals surface area contributed by atoms with E-state index < -0.39 is 0 Å². The number of aromatic nitrogens is 2. The Hall–Kier alpha value is -2.65. The number of hydrogen-bond donors (Lipinski definition) is 0. The van der Waals surface area contributed by atoms with E-state index in [4.69, 9.17) is 24.2 Å². The smallest absolute Gasteiger partial charge is 0.162 e. The number of fused-ring (bicyclic) bond motifs is 2. The van der Waals surface area contributed by atoms with E-state index in [1.807, 2.05) is 18.2 Å². The quantitative estimate of drug-likeness (QED) is 0.370. The summed E-state index contributed by atoms with van der Waals surface area (Å²) in [5, 5.41) is 4.28. The molecule has 0 unspecified atom stereocenters. The lowest BCUT2D eigenvalue weighted by Crippen LogP contribution is -2.36. The van der Waals surface area contributed by atoms with Gasteiger partial charge in [-0.1, -0.05) is 42.1 Å². The molecular weight excluding hydrogens is 454 g/mol. The molecule has 0 bridgehead atoms. The van der Waals surface area contributed by atoms with Crippen LogP contribution < -0.4 is 9.47 Å². The van der Waals surface area contributed by atoms with Gasteiger partial charge in [-0.15, -0.1) is 11.3 Å². The lowest BCUT2D eigenvalue weighted by molar-refractivity contribution is 0.0330. The largest absolute Gasteiger partial charge is 0.486 e. The minimum absolute atomic E-state index is 0.575. The van der Waals surface area contributed by atoms with Crippen LogP contribution in [0.5, 0.6) is 11.5 Å². The molecule has 0 N–H and O–H groups in total. The first-order valence-corrected chi connectivity index (χ1v) is 12.7. The maximum atomic E-state index is 5.80. The van der Waals surface area contributed by atoms with Crippen molar-refractivity contribution in [3.63, 3.8) is 0 Å². The summed E-state index contributed by atoms with van der Waals surface area (Å²) in [5.74, 6) is 2.44. The van der Waals surface area contributed by atoms with Crippen molar-refractivity contribution < 1.29 is 14.2 Å². The molecule has 2 aliphatic heterocycles. The summed E-state index contributed by atoms with van der Waals surface area (Å²) in [4.78, 5) is 14.5. The molecule has 0 atom stereocenters. The second-order valence-corrected chi connectivity index (χ2v) is 9.86. The Morgan fingerprint density at radius 3 is 2.58 bits per heavy atom. The molecule has 0 radical (unpaired) electrons. The molecule has 33 heavy (non-hydrogen) atoms. The van der Waals surface area contributed by atoms with E-state index in [9.17, 15) is 0 Å². The van der Waals surface area contributed by atoms with Gasteiger partial charge in [-0.3, -0.25) is 4.90 Å². The molecule has 1 fully saturated rings. The van der Waals surface area contributed by atoms with Crippen LogP contribution >= 0.6 is 23.1 Å². The van der Waals surface area contributed by atoms with Crippen LogP contribution in [0.2, 0.25) is 0 Å². The van der Waals surface area contributed by atoms with Gasteiger partial charge in [0.1, 0.15) is 28.9 Å². The van der Waals surface area contributed by atoms with E-state index >= 15 is 0 Å². The highest BCUT2D eigenvalue weighted by Gasteiger charge is 2.20. The van der Waals surface area contributed by atoms with Crippen LogP contribution in [0.4, 0.5) is 0 Å². The van der Waals surface area contributed by atoms with Gasteiger partial charge in [0, 0.05) is 28.9 Å². The molecule has 8 heteroatoms. The summed E-state index contributed by atoms with van der Waals surface area (Å²) in [5.41, 5.74) is 2.35. The van der Waals surface area contributed by atoms with Crippen LogP contribution in [0.1, 0.15) is 5.82 Å². The summed E-state index contributed by atoms with van der Waals surface area (Å²) in [7, 11) is 0. The third-order valence-electron chi connectivity index (χ3n) is 5.73. The summed E-state index contributed by atoms with van der Waals surface area (Å²) < 4.78 is 17.0. The van der Waals surface area contributed by atoms with Gasteiger partial charge < -0.3 is 14.2 Å². The first-order chi connectivity index (χ1) is 16.3. The van der Waals surface area contributed by atoms with Gasteiger partial charge in [-0.05, 0) is 23.8 Å². The molecule has 4 aromatic rings. The highest BCUT2D eigenvalue weighted by molar-refractivity contribution is 7.99. The van der Waals surface area contributed by atoms with Crippen molar-refractivity contribution in [3.8, 4) is 22.6 Å². The Morgan fingerprint density at radius 1 is 0.909 bits per heavy atom. The van der Waals surface area contributed by atoms with Crippen molar-refractivity contribution in [1.82, 2.24) is 14.9 Å². The molecule has 2 aromatic carbocycles. The number of nitrogens with zero attached hydrogens (tertiary/aromatic N) is 3. The van der Waals surface area contributed by atoms with Crippen molar-refractivity contribution in [1.29, 1.82) is 0 Å². The summed E-state index contributed by atoms with van der Waals surface area (Å²) in [6, 6.07) is 16.6. The van der Waals surface area contributed by atoms with Gasteiger partial charge in [0.15, 0.2) is 11.5 Å². The van der Waals surface area contributed by atoms with Gasteiger partial charge in [-0.25, -0.2) is 9.97 Å². The fourth-order valence-electron chi connectivity index (χ4n) is 4.08. The van der Waals surface area contributed by atoms with E-state index in [2.05, 4.69) is 40.6 Å². The highest BCUT2D eigenvalue weighted by atomic mass is 32.2. The molecular formula is C25H23N3O3S2. The normalized spacial score (nSPS) is 16.2. The summed E-state index contributed by atoms with van der Waals surface area (Å²) >= 11 is 3.34. The van der Waals surface area contributed by atoms with Gasteiger partial charge >= 0.3 is 0 Å². The van der Waals surface area contributed by atoms with Crippen LogP contribution in [0.15, 0.2) is 63.8 Å². The Bertz CT molecular complexity index is 1270. The zero-order chi connectivity index (χ0) is 22.0. The van der Waals surface area contributed by atoms with Gasteiger partial charge in [0.2, 0.25) is 0 Å². The maximum absolute atomic E-state index is 5.80. The Morgan fingerprint density at radius 2 is 1.73 bits per heavy atom. The molecule has 6 nitrogen and oxygen atoms in total. The minimum atomic E-state index is 0.575. The number of rotatable bonds is 5. The van der Waals surface area contributed by atoms with Crippen molar-refractivity contribution in [2.24, 2.45) is 0 Å². The van der Waals surface area contributed by atoms with E-state index in [0.29, 0.717) is 13.2 Å². The zero-order valence-electron chi connectivity index (χ0n) is 18.0. The van der Waals surface area contributed by atoms with Crippen LogP contribution in [0.25, 0.3) is 21.3 Å². The number of thiophene rings is 1. The second kappa shape index (κ2) is 9.30. The maximum Gasteiger partial charge on any atom is 0.162 e.